The molecule has 0 spiro atoms. The summed E-state index contributed by atoms with van der Waals surface area (Å²) in [4.78, 5) is 0. The minimum absolute atomic E-state index is 0.0641. The fraction of sp³-hybridized carbons (Fsp3) is 0.500. The van der Waals surface area contributed by atoms with Crippen molar-refractivity contribution in [2.24, 2.45) is 17.8 Å². The Morgan fingerprint density at radius 3 is 1.36 bits per heavy atom. The highest BCUT2D eigenvalue weighted by Gasteiger charge is 2.30. The molecule has 0 aromatic heterocycles. The first-order valence-electron chi connectivity index (χ1n) is 10.1. The molecule has 2 rings (SSSR count). The Hall–Kier alpha value is -1.72. The van der Waals surface area contributed by atoms with Gasteiger partial charge in [0.1, 0.15) is 0 Å². The fourth-order valence-corrected chi connectivity index (χ4v) is 3.31. The summed E-state index contributed by atoms with van der Waals surface area (Å²) < 4.78 is 11.5. The van der Waals surface area contributed by atoms with Gasteiger partial charge in [-0.25, -0.2) is 0 Å². The molecule has 2 aromatic carbocycles. The van der Waals surface area contributed by atoms with Crippen molar-refractivity contribution in [3.8, 4) is 0 Å². The molecule has 0 radical (unpaired) electrons. The Balaban J connectivity index is 1.71. The monoisotopic (exact) mass is 386 g/mol. The molecule has 154 valence electrons. The Morgan fingerprint density at radius 2 is 1.00 bits per heavy atom. The van der Waals surface area contributed by atoms with Crippen LogP contribution in [0.1, 0.15) is 31.9 Å². The van der Waals surface area contributed by atoms with Gasteiger partial charge in [-0.1, -0.05) is 81.4 Å². The van der Waals surface area contributed by atoms with Gasteiger partial charge in [0.25, 0.3) is 0 Å². The van der Waals surface area contributed by atoms with Gasteiger partial charge in [-0.15, -0.1) is 0 Å². The van der Waals surface area contributed by atoms with Crippen LogP contribution in [0.25, 0.3) is 0 Å². The number of ether oxygens (including phenoxy) is 2. The van der Waals surface area contributed by atoms with Crippen LogP contribution in [0, 0.1) is 17.8 Å². The lowest BCUT2D eigenvalue weighted by Crippen LogP contribution is -2.40. The zero-order valence-electron chi connectivity index (χ0n) is 17.2. The predicted octanol–water partition coefficient (Wildman–Crippen LogP) is 4.05. The maximum absolute atomic E-state index is 10.6. The van der Waals surface area contributed by atoms with Gasteiger partial charge in [-0.3, -0.25) is 0 Å². The first kappa shape index (κ1) is 22.6. The van der Waals surface area contributed by atoms with Gasteiger partial charge in [0.2, 0.25) is 0 Å². The first-order valence-corrected chi connectivity index (χ1v) is 10.1. The summed E-state index contributed by atoms with van der Waals surface area (Å²) in [6.07, 6.45) is -1.27. The predicted molar refractivity (Wildman–Crippen MR) is 112 cm³/mol. The molecule has 0 amide bonds. The van der Waals surface area contributed by atoms with Gasteiger partial charge >= 0.3 is 0 Å². The van der Waals surface area contributed by atoms with Crippen molar-refractivity contribution in [3.63, 3.8) is 0 Å². The van der Waals surface area contributed by atoms with Crippen molar-refractivity contribution in [1.29, 1.82) is 0 Å². The summed E-state index contributed by atoms with van der Waals surface area (Å²) in [7, 11) is 0. The molecule has 0 heterocycles. The van der Waals surface area contributed by atoms with Crippen molar-refractivity contribution in [2.75, 3.05) is 13.2 Å². The molecule has 0 saturated heterocycles. The van der Waals surface area contributed by atoms with Crippen LogP contribution in [0.2, 0.25) is 0 Å². The number of aliphatic hydroxyl groups is 2. The molecular formula is C24H34O4. The topological polar surface area (TPSA) is 58.9 Å². The second-order valence-electron chi connectivity index (χ2n) is 7.80. The van der Waals surface area contributed by atoms with Crippen LogP contribution in [0.5, 0.6) is 0 Å². The molecule has 0 fully saturated rings. The lowest BCUT2D eigenvalue weighted by atomic mass is 9.85. The van der Waals surface area contributed by atoms with E-state index in [4.69, 9.17) is 9.47 Å². The molecule has 4 heteroatoms. The average Bonchev–Trinajstić information content (AvgIpc) is 2.73. The van der Waals surface area contributed by atoms with E-state index in [1.807, 2.05) is 81.4 Å². The Kier molecular flexibility index (Phi) is 9.65. The molecule has 1 unspecified atom stereocenters. The minimum Gasteiger partial charge on any atom is -0.392 e. The number of rotatable bonds is 12. The van der Waals surface area contributed by atoms with Gasteiger partial charge in [-0.2, -0.15) is 0 Å². The number of hydrogen-bond donors (Lipinski definition) is 2. The molecule has 0 aliphatic rings. The number of benzene rings is 2. The van der Waals surface area contributed by atoms with Crippen LogP contribution in [-0.4, -0.2) is 35.6 Å². The normalized spacial score (nSPS) is 16.9. The molecule has 5 atom stereocenters. The van der Waals surface area contributed by atoms with Crippen molar-refractivity contribution < 1.29 is 19.7 Å². The van der Waals surface area contributed by atoms with Crippen LogP contribution in [0.15, 0.2) is 60.7 Å². The van der Waals surface area contributed by atoms with E-state index in [-0.39, 0.29) is 17.8 Å². The minimum atomic E-state index is -0.637. The van der Waals surface area contributed by atoms with Gasteiger partial charge < -0.3 is 19.7 Å². The van der Waals surface area contributed by atoms with Crippen molar-refractivity contribution in [1.82, 2.24) is 0 Å². The molecular weight excluding hydrogens is 352 g/mol. The lowest BCUT2D eigenvalue weighted by molar-refractivity contribution is -0.0628. The van der Waals surface area contributed by atoms with E-state index in [2.05, 4.69) is 0 Å². The number of aliphatic hydroxyl groups excluding tert-OH is 2. The summed E-state index contributed by atoms with van der Waals surface area (Å²) in [6.45, 7) is 7.75. The van der Waals surface area contributed by atoms with Crippen molar-refractivity contribution >= 4 is 0 Å². The van der Waals surface area contributed by atoms with Crippen LogP contribution < -0.4 is 0 Å². The van der Waals surface area contributed by atoms with Gasteiger partial charge in [0.05, 0.1) is 38.6 Å². The average molecular weight is 387 g/mol. The molecule has 28 heavy (non-hydrogen) atoms. The van der Waals surface area contributed by atoms with E-state index in [1.165, 1.54) is 0 Å². The maximum atomic E-state index is 10.6. The van der Waals surface area contributed by atoms with Gasteiger partial charge in [0.15, 0.2) is 0 Å². The van der Waals surface area contributed by atoms with Crippen LogP contribution in [0.4, 0.5) is 0 Å². The Morgan fingerprint density at radius 1 is 0.643 bits per heavy atom. The van der Waals surface area contributed by atoms with E-state index >= 15 is 0 Å². The van der Waals surface area contributed by atoms with E-state index in [1.54, 1.807) is 0 Å². The largest absolute Gasteiger partial charge is 0.392 e. The summed E-state index contributed by atoms with van der Waals surface area (Å²) in [5.74, 6) is -0.387. The summed E-state index contributed by atoms with van der Waals surface area (Å²) in [5, 5.41) is 21.3. The SMILES string of the molecule is CC([C@@H](O)[C@H](C)COCc1ccccc1)[C@H](O)[C@H](C)COCc1ccccc1. The molecule has 0 aliphatic heterocycles. The van der Waals surface area contributed by atoms with Gasteiger partial charge in [-0.05, 0) is 11.1 Å². The van der Waals surface area contributed by atoms with Crippen LogP contribution in [-0.2, 0) is 22.7 Å². The van der Waals surface area contributed by atoms with Gasteiger partial charge in [0, 0.05) is 17.8 Å². The summed E-state index contributed by atoms with van der Waals surface area (Å²) in [5.41, 5.74) is 2.22. The third-order valence-corrected chi connectivity index (χ3v) is 5.23. The Bertz CT molecular complexity index is 589. The second-order valence-corrected chi connectivity index (χ2v) is 7.80. The third-order valence-electron chi connectivity index (χ3n) is 5.23. The van der Waals surface area contributed by atoms with Crippen molar-refractivity contribution in [3.05, 3.63) is 71.8 Å². The smallest absolute Gasteiger partial charge is 0.0717 e. The zero-order chi connectivity index (χ0) is 20.4. The summed E-state index contributed by atoms with van der Waals surface area (Å²) >= 11 is 0. The highest BCUT2D eigenvalue weighted by molar-refractivity contribution is 5.14. The summed E-state index contributed by atoms with van der Waals surface area (Å²) in [6, 6.07) is 20.0. The highest BCUT2D eigenvalue weighted by Crippen LogP contribution is 2.22. The quantitative estimate of drug-likeness (QED) is 0.578. The van der Waals surface area contributed by atoms with Crippen LogP contribution in [0.3, 0.4) is 0 Å². The Labute approximate surface area is 169 Å². The molecule has 0 bridgehead atoms. The highest BCUT2D eigenvalue weighted by atomic mass is 16.5. The maximum Gasteiger partial charge on any atom is 0.0717 e. The van der Waals surface area contributed by atoms with E-state index in [0.717, 1.165) is 11.1 Å². The van der Waals surface area contributed by atoms with E-state index in [0.29, 0.717) is 26.4 Å². The van der Waals surface area contributed by atoms with Crippen molar-refractivity contribution in [2.45, 2.75) is 46.2 Å². The third kappa shape index (κ3) is 7.36. The van der Waals surface area contributed by atoms with Crippen LogP contribution >= 0.6 is 0 Å². The van der Waals surface area contributed by atoms with E-state index < -0.39 is 12.2 Å². The second kappa shape index (κ2) is 12.0. The molecule has 2 N–H and O–H groups in total. The fourth-order valence-electron chi connectivity index (χ4n) is 3.31. The first-order chi connectivity index (χ1) is 13.5. The molecule has 0 aliphatic carbocycles. The zero-order valence-corrected chi connectivity index (χ0v) is 17.2. The molecule has 4 nitrogen and oxygen atoms in total. The van der Waals surface area contributed by atoms with E-state index in [9.17, 15) is 10.2 Å². The molecule has 0 saturated carbocycles. The standard InChI is InChI=1S/C24H34O4/c1-18(14-27-16-21-10-6-4-7-11-21)23(25)20(3)24(26)19(2)15-28-17-22-12-8-5-9-13-22/h4-13,18-20,23-26H,14-17H2,1-3H3/t18-,19-,20?,23-,24+/m1/s1. The number of hydrogen-bond acceptors (Lipinski definition) is 4. The molecule has 2 aromatic rings. The lowest BCUT2D eigenvalue weighted by Gasteiger charge is -2.31.